The molecule has 94 valence electrons. The maximum Gasteiger partial charge on any atom is 0.188 e. The monoisotopic (exact) mass is 244 g/mol. The van der Waals surface area contributed by atoms with Crippen molar-refractivity contribution in [3.05, 3.63) is 41.7 Å². The van der Waals surface area contributed by atoms with Crippen LogP contribution in [0.5, 0.6) is 0 Å². The Morgan fingerprint density at radius 3 is 2.83 bits per heavy atom. The van der Waals surface area contributed by atoms with Gasteiger partial charge in [-0.15, -0.1) is 0 Å². The topological polar surface area (TPSA) is 60.7 Å². The van der Waals surface area contributed by atoms with E-state index < -0.39 is 0 Å². The van der Waals surface area contributed by atoms with Gasteiger partial charge in [-0.3, -0.25) is 9.78 Å². The van der Waals surface area contributed by atoms with E-state index in [0.717, 1.165) is 5.56 Å². The number of pyridine rings is 1. The van der Waals surface area contributed by atoms with E-state index in [-0.39, 0.29) is 18.2 Å². The summed E-state index contributed by atoms with van der Waals surface area (Å²) in [7, 11) is 0. The third kappa shape index (κ3) is 2.61. The van der Waals surface area contributed by atoms with Gasteiger partial charge in [0.05, 0.1) is 6.42 Å². The number of nitrogens with zero attached hydrogens (tertiary/aromatic N) is 4. The summed E-state index contributed by atoms with van der Waals surface area (Å²) in [6.45, 7) is 5.95. The van der Waals surface area contributed by atoms with Gasteiger partial charge in [-0.25, -0.2) is 9.67 Å². The van der Waals surface area contributed by atoms with Crippen LogP contribution in [0.2, 0.25) is 0 Å². The number of ketones is 1. The van der Waals surface area contributed by atoms with Gasteiger partial charge in [-0.2, -0.15) is 5.10 Å². The molecule has 0 amide bonds. The number of hydrogen-bond acceptors (Lipinski definition) is 4. The summed E-state index contributed by atoms with van der Waals surface area (Å²) in [5.74, 6) is 0.645. The van der Waals surface area contributed by atoms with Gasteiger partial charge >= 0.3 is 0 Å². The molecule has 18 heavy (non-hydrogen) atoms. The minimum absolute atomic E-state index is 0.0337. The van der Waals surface area contributed by atoms with Gasteiger partial charge in [0.1, 0.15) is 17.8 Å². The van der Waals surface area contributed by atoms with Crippen molar-refractivity contribution in [2.24, 2.45) is 0 Å². The van der Waals surface area contributed by atoms with Crippen LogP contribution in [0.15, 0.2) is 24.7 Å². The maximum absolute atomic E-state index is 12.1. The number of hydrogen-bond donors (Lipinski definition) is 0. The molecule has 0 fully saturated rings. The molecule has 0 aliphatic heterocycles. The van der Waals surface area contributed by atoms with E-state index in [9.17, 15) is 4.79 Å². The summed E-state index contributed by atoms with van der Waals surface area (Å²) in [6.07, 6.45) is 3.36. The second-order valence-electron chi connectivity index (χ2n) is 4.53. The zero-order chi connectivity index (χ0) is 13.1. The summed E-state index contributed by atoms with van der Waals surface area (Å²) in [6, 6.07) is 3.85. The highest BCUT2D eigenvalue weighted by Gasteiger charge is 2.14. The highest BCUT2D eigenvalue weighted by atomic mass is 16.1. The molecule has 0 atom stereocenters. The van der Waals surface area contributed by atoms with Crippen LogP contribution in [0.25, 0.3) is 0 Å². The van der Waals surface area contributed by atoms with E-state index in [4.69, 9.17) is 0 Å². The molecule has 0 aromatic carbocycles. The Balaban J connectivity index is 2.19. The molecule has 2 aromatic rings. The fourth-order valence-electron chi connectivity index (χ4n) is 1.75. The van der Waals surface area contributed by atoms with Gasteiger partial charge in [0.25, 0.3) is 0 Å². The lowest BCUT2D eigenvalue weighted by molar-refractivity contribution is 0.0984. The molecule has 0 aliphatic carbocycles. The van der Waals surface area contributed by atoms with Gasteiger partial charge in [-0.05, 0) is 38.5 Å². The molecule has 5 nitrogen and oxygen atoms in total. The van der Waals surface area contributed by atoms with Crippen LogP contribution in [0.4, 0.5) is 0 Å². The van der Waals surface area contributed by atoms with Crippen molar-refractivity contribution in [1.29, 1.82) is 0 Å². The van der Waals surface area contributed by atoms with Crippen molar-refractivity contribution in [2.45, 2.75) is 33.2 Å². The van der Waals surface area contributed by atoms with E-state index in [0.29, 0.717) is 11.5 Å². The molecule has 0 spiro atoms. The SMILES string of the molecule is Cc1ccnc(C(=O)Cc2ncnn2C(C)C)c1. The van der Waals surface area contributed by atoms with Gasteiger partial charge in [0.15, 0.2) is 5.78 Å². The summed E-state index contributed by atoms with van der Waals surface area (Å²) in [5, 5.41) is 4.11. The Morgan fingerprint density at radius 2 is 2.17 bits per heavy atom. The fourth-order valence-corrected chi connectivity index (χ4v) is 1.75. The molecular formula is C13H16N4O. The summed E-state index contributed by atoms with van der Waals surface area (Å²) in [5.41, 5.74) is 1.51. The lowest BCUT2D eigenvalue weighted by Crippen LogP contribution is -2.14. The van der Waals surface area contributed by atoms with Crippen LogP contribution in [0, 0.1) is 6.92 Å². The van der Waals surface area contributed by atoms with Gasteiger partial charge in [0.2, 0.25) is 0 Å². The Hall–Kier alpha value is -2.04. The molecule has 0 saturated heterocycles. The Kier molecular flexibility index (Phi) is 3.50. The van der Waals surface area contributed by atoms with E-state index in [1.165, 1.54) is 6.33 Å². The first-order chi connectivity index (χ1) is 8.58. The molecule has 0 unspecified atom stereocenters. The normalized spacial score (nSPS) is 10.9. The molecule has 0 N–H and O–H groups in total. The smallest absolute Gasteiger partial charge is 0.188 e. The van der Waals surface area contributed by atoms with Crippen molar-refractivity contribution < 1.29 is 4.79 Å². The molecule has 0 saturated carbocycles. The van der Waals surface area contributed by atoms with E-state index >= 15 is 0 Å². The Bertz CT molecular complexity index is 560. The summed E-state index contributed by atoms with van der Waals surface area (Å²) >= 11 is 0. The largest absolute Gasteiger partial charge is 0.292 e. The zero-order valence-corrected chi connectivity index (χ0v) is 10.8. The molecular weight excluding hydrogens is 228 g/mol. The van der Waals surface area contributed by atoms with Crippen LogP contribution in [0.3, 0.4) is 0 Å². The van der Waals surface area contributed by atoms with Gasteiger partial charge < -0.3 is 0 Å². The quantitative estimate of drug-likeness (QED) is 0.772. The lowest BCUT2D eigenvalue weighted by Gasteiger charge is -2.08. The van der Waals surface area contributed by atoms with Crippen molar-refractivity contribution in [2.75, 3.05) is 0 Å². The van der Waals surface area contributed by atoms with Crippen molar-refractivity contribution in [3.8, 4) is 0 Å². The number of aromatic nitrogens is 4. The first-order valence-corrected chi connectivity index (χ1v) is 5.92. The molecule has 0 bridgehead atoms. The van der Waals surface area contributed by atoms with Crippen molar-refractivity contribution in [1.82, 2.24) is 19.7 Å². The number of rotatable bonds is 4. The standard InChI is InChI=1S/C13H16N4O/c1-9(2)17-13(15-8-16-17)7-12(18)11-6-10(3)4-5-14-11/h4-6,8-9H,7H2,1-3H3. The third-order valence-electron chi connectivity index (χ3n) is 2.66. The molecule has 5 heteroatoms. The molecule has 2 rings (SSSR count). The number of carbonyl (C=O) groups is 1. The summed E-state index contributed by atoms with van der Waals surface area (Å²) in [4.78, 5) is 20.3. The van der Waals surface area contributed by atoms with Crippen molar-refractivity contribution >= 4 is 5.78 Å². The predicted molar refractivity (Wildman–Crippen MR) is 67.4 cm³/mol. The zero-order valence-electron chi connectivity index (χ0n) is 10.8. The molecule has 2 aromatic heterocycles. The second-order valence-corrected chi connectivity index (χ2v) is 4.53. The van der Waals surface area contributed by atoms with Crippen LogP contribution < -0.4 is 0 Å². The van der Waals surface area contributed by atoms with E-state index in [2.05, 4.69) is 15.1 Å². The minimum atomic E-state index is -0.0337. The van der Waals surface area contributed by atoms with Crippen LogP contribution in [-0.2, 0) is 6.42 Å². The Labute approximate surface area is 106 Å². The number of Topliss-reactive ketones (excluding diaryl/α,β-unsaturated/α-hetero) is 1. The second kappa shape index (κ2) is 5.08. The minimum Gasteiger partial charge on any atom is -0.292 e. The average molecular weight is 244 g/mol. The Morgan fingerprint density at radius 1 is 1.39 bits per heavy atom. The number of carbonyl (C=O) groups excluding carboxylic acids is 1. The third-order valence-corrected chi connectivity index (χ3v) is 2.66. The fraction of sp³-hybridized carbons (Fsp3) is 0.385. The van der Waals surface area contributed by atoms with Gasteiger partial charge in [0, 0.05) is 12.2 Å². The lowest BCUT2D eigenvalue weighted by atomic mass is 10.1. The molecule has 0 radical (unpaired) electrons. The maximum atomic E-state index is 12.1. The molecule has 0 aliphatic rings. The highest BCUT2D eigenvalue weighted by Crippen LogP contribution is 2.09. The average Bonchev–Trinajstić information content (AvgIpc) is 2.77. The summed E-state index contributed by atoms with van der Waals surface area (Å²) < 4.78 is 1.76. The van der Waals surface area contributed by atoms with Crippen LogP contribution >= 0.6 is 0 Å². The van der Waals surface area contributed by atoms with E-state index in [1.54, 1.807) is 16.9 Å². The molecule has 2 heterocycles. The number of aryl methyl sites for hydroxylation is 1. The highest BCUT2D eigenvalue weighted by molar-refractivity contribution is 5.95. The van der Waals surface area contributed by atoms with Crippen LogP contribution in [-0.4, -0.2) is 25.5 Å². The van der Waals surface area contributed by atoms with Gasteiger partial charge in [-0.1, -0.05) is 0 Å². The van der Waals surface area contributed by atoms with E-state index in [1.807, 2.05) is 26.8 Å². The van der Waals surface area contributed by atoms with Crippen LogP contribution in [0.1, 0.15) is 41.8 Å². The first-order valence-electron chi connectivity index (χ1n) is 5.92. The predicted octanol–water partition coefficient (Wildman–Crippen LogP) is 1.99. The first kappa shape index (κ1) is 12.4. The van der Waals surface area contributed by atoms with Crippen molar-refractivity contribution in [3.63, 3.8) is 0 Å².